The first-order valence-electron chi connectivity index (χ1n) is 7.95. The molecule has 1 heterocycles. The van der Waals surface area contributed by atoms with Crippen molar-refractivity contribution in [2.24, 2.45) is 0 Å². The lowest BCUT2D eigenvalue weighted by molar-refractivity contribution is -0.118. The summed E-state index contributed by atoms with van der Waals surface area (Å²) in [5, 5.41) is 2.72. The highest BCUT2D eigenvalue weighted by molar-refractivity contribution is 7.47. The Hall–Kier alpha value is -0.500. The maximum Gasteiger partial charge on any atom is 0.472 e. The lowest BCUT2D eigenvalue weighted by Gasteiger charge is -2.20. The number of unbranched alkanes of at least 4 members (excludes halogenated alkanes) is 3. The molecule has 136 valence electrons. The number of phosphoric acid groups is 1. The Kier molecular flexibility index (Phi) is 9.94. The predicted molar refractivity (Wildman–Crippen MR) is 84.0 cm³/mol. The zero-order valence-electron chi connectivity index (χ0n) is 13.9. The maximum absolute atomic E-state index is 11.9. The van der Waals surface area contributed by atoms with Gasteiger partial charge in [0.25, 0.3) is 0 Å². The lowest BCUT2D eigenvalue weighted by Crippen LogP contribution is -2.28. The minimum atomic E-state index is -4.07. The van der Waals surface area contributed by atoms with Crippen LogP contribution in [-0.2, 0) is 27.9 Å². The third-order valence-corrected chi connectivity index (χ3v) is 4.49. The molecule has 1 aliphatic rings. The first-order valence-corrected chi connectivity index (χ1v) is 9.45. The normalized spacial score (nSPS) is 23.6. The van der Waals surface area contributed by atoms with E-state index in [0.29, 0.717) is 32.6 Å². The van der Waals surface area contributed by atoms with E-state index in [0.717, 1.165) is 19.3 Å². The van der Waals surface area contributed by atoms with Gasteiger partial charge in [0.1, 0.15) is 12.2 Å². The van der Waals surface area contributed by atoms with Gasteiger partial charge in [-0.15, -0.1) is 0 Å². The number of carbonyl (C=O) groups excluding carboxylic acids is 1. The van der Waals surface area contributed by atoms with Gasteiger partial charge in [0.2, 0.25) is 5.91 Å². The lowest BCUT2D eigenvalue weighted by atomic mass is 10.2. The van der Waals surface area contributed by atoms with E-state index in [9.17, 15) is 14.3 Å². The summed E-state index contributed by atoms with van der Waals surface area (Å²) >= 11 is 0. The van der Waals surface area contributed by atoms with Crippen molar-refractivity contribution in [2.75, 3.05) is 33.5 Å². The van der Waals surface area contributed by atoms with Gasteiger partial charge >= 0.3 is 7.82 Å². The maximum atomic E-state index is 11.9. The van der Waals surface area contributed by atoms with Crippen LogP contribution < -0.4 is 5.32 Å². The second kappa shape index (κ2) is 11.1. The molecule has 2 N–H and O–H groups in total. The standard InChI is InChI=1S/C14H28NO7P/c1-12(16)15-8-5-3-4-6-9-21-23(17,18)22-13-7-10-20-14(13)11-19-2/h13-14H,3-11H2,1-2H3,(H,15,16)(H,17,18). The van der Waals surface area contributed by atoms with Crippen molar-refractivity contribution in [3.05, 3.63) is 0 Å². The van der Waals surface area contributed by atoms with Crippen molar-refractivity contribution in [2.45, 2.75) is 51.2 Å². The fourth-order valence-corrected chi connectivity index (χ4v) is 3.30. The Balaban J connectivity index is 2.10. The van der Waals surface area contributed by atoms with Crippen LogP contribution in [0.3, 0.4) is 0 Å². The highest BCUT2D eigenvalue weighted by Crippen LogP contribution is 2.46. The van der Waals surface area contributed by atoms with Gasteiger partial charge in [-0.25, -0.2) is 4.57 Å². The first kappa shape index (κ1) is 20.5. The van der Waals surface area contributed by atoms with Crippen LogP contribution in [0.25, 0.3) is 0 Å². The topological polar surface area (TPSA) is 103 Å². The van der Waals surface area contributed by atoms with Crippen LogP contribution in [0.4, 0.5) is 0 Å². The second-order valence-corrected chi connectivity index (χ2v) is 6.90. The van der Waals surface area contributed by atoms with Crippen LogP contribution in [0, 0.1) is 0 Å². The van der Waals surface area contributed by atoms with Crippen molar-refractivity contribution < 1.29 is 32.8 Å². The molecule has 1 amide bonds. The van der Waals surface area contributed by atoms with E-state index < -0.39 is 13.9 Å². The molecule has 3 atom stereocenters. The van der Waals surface area contributed by atoms with Crippen LogP contribution in [0.2, 0.25) is 0 Å². The Morgan fingerprint density at radius 3 is 2.78 bits per heavy atom. The highest BCUT2D eigenvalue weighted by Gasteiger charge is 2.36. The summed E-state index contributed by atoms with van der Waals surface area (Å²) in [6.45, 7) is 3.10. The number of nitrogens with one attached hydrogen (secondary N) is 1. The molecule has 0 aromatic carbocycles. The molecule has 0 aromatic heterocycles. The minimum Gasteiger partial charge on any atom is -0.382 e. The summed E-state index contributed by atoms with van der Waals surface area (Å²) in [5.41, 5.74) is 0. The number of ether oxygens (including phenoxy) is 2. The molecule has 1 saturated heterocycles. The summed E-state index contributed by atoms with van der Waals surface area (Å²) < 4.78 is 32.4. The molecule has 0 bridgehead atoms. The molecule has 0 spiro atoms. The van der Waals surface area contributed by atoms with Crippen LogP contribution in [0.5, 0.6) is 0 Å². The molecule has 1 rings (SSSR count). The van der Waals surface area contributed by atoms with E-state index in [1.807, 2.05) is 0 Å². The second-order valence-electron chi connectivity index (χ2n) is 5.50. The summed E-state index contributed by atoms with van der Waals surface area (Å²) in [4.78, 5) is 20.4. The van der Waals surface area contributed by atoms with Gasteiger partial charge in [-0.3, -0.25) is 13.8 Å². The van der Waals surface area contributed by atoms with Gasteiger partial charge in [-0.2, -0.15) is 0 Å². The minimum absolute atomic E-state index is 0.0330. The van der Waals surface area contributed by atoms with Gasteiger partial charge in [0.05, 0.1) is 13.2 Å². The van der Waals surface area contributed by atoms with Crippen LogP contribution >= 0.6 is 7.82 Å². The van der Waals surface area contributed by atoms with E-state index in [2.05, 4.69) is 5.32 Å². The van der Waals surface area contributed by atoms with Gasteiger partial charge < -0.3 is 19.7 Å². The van der Waals surface area contributed by atoms with Gasteiger partial charge in [-0.1, -0.05) is 12.8 Å². The quantitative estimate of drug-likeness (QED) is 0.406. The fraction of sp³-hybridized carbons (Fsp3) is 0.929. The zero-order valence-corrected chi connectivity index (χ0v) is 14.8. The van der Waals surface area contributed by atoms with E-state index in [4.69, 9.17) is 18.5 Å². The van der Waals surface area contributed by atoms with Crippen LogP contribution in [0.1, 0.15) is 39.0 Å². The molecule has 9 heteroatoms. The average Bonchev–Trinajstić information content (AvgIpc) is 2.88. The van der Waals surface area contributed by atoms with E-state index in [1.54, 1.807) is 7.11 Å². The van der Waals surface area contributed by atoms with Crippen molar-refractivity contribution in [1.82, 2.24) is 5.32 Å². The van der Waals surface area contributed by atoms with E-state index in [1.165, 1.54) is 6.92 Å². The predicted octanol–water partition coefficient (Wildman–Crippen LogP) is 1.62. The van der Waals surface area contributed by atoms with E-state index >= 15 is 0 Å². The van der Waals surface area contributed by atoms with Crippen molar-refractivity contribution in [1.29, 1.82) is 0 Å². The third kappa shape index (κ3) is 9.39. The molecule has 0 saturated carbocycles. The monoisotopic (exact) mass is 353 g/mol. The highest BCUT2D eigenvalue weighted by atomic mass is 31.2. The number of hydrogen-bond donors (Lipinski definition) is 2. The number of amides is 1. The summed E-state index contributed by atoms with van der Waals surface area (Å²) in [7, 11) is -2.53. The number of carbonyl (C=O) groups is 1. The molecular weight excluding hydrogens is 325 g/mol. The van der Waals surface area contributed by atoms with Crippen molar-refractivity contribution >= 4 is 13.7 Å². The molecule has 0 radical (unpaired) electrons. The first-order chi connectivity index (χ1) is 10.9. The number of rotatable bonds is 12. The summed E-state index contributed by atoms with van der Waals surface area (Å²) in [6.07, 6.45) is 3.05. The zero-order chi connectivity index (χ0) is 17.1. The Morgan fingerprint density at radius 2 is 2.09 bits per heavy atom. The fourth-order valence-electron chi connectivity index (χ4n) is 2.30. The SMILES string of the molecule is COCC1OCCC1OP(=O)(O)OCCCCCCNC(C)=O. The Morgan fingerprint density at radius 1 is 1.35 bits per heavy atom. The molecule has 8 nitrogen and oxygen atoms in total. The molecule has 1 fully saturated rings. The van der Waals surface area contributed by atoms with Gasteiger partial charge in [0.15, 0.2) is 0 Å². The van der Waals surface area contributed by atoms with Crippen molar-refractivity contribution in [3.63, 3.8) is 0 Å². The molecule has 0 aliphatic carbocycles. The molecular formula is C14H28NO7P. The number of phosphoric ester groups is 1. The number of methoxy groups -OCH3 is 1. The van der Waals surface area contributed by atoms with Crippen LogP contribution in [0.15, 0.2) is 0 Å². The average molecular weight is 353 g/mol. The van der Waals surface area contributed by atoms with Gasteiger partial charge in [-0.05, 0) is 12.8 Å². The summed E-state index contributed by atoms with van der Waals surface area (Å²) in [5.74, 6) is -0.0330. The van der Waals surface area contributed by atoms with Crippen molar-refractivity contribution in [3.8, 4) is 0 Å². The molecule has 23 heavy (non-hydrogen) atoms. The molecule has 0 aromatic rings. The largest absolute Gasteiger partial charge is 0.472 e. The summed E-state index contributed by atoms with van der Waals surface area (Å²) in [6, 6.07) is 0. The van der Waals surface area contributed by atoms with Gasteiger partial charge in [0, 0.05) is 33.6 Å². The third-order valence-electron chi connectivity index (χ3n) is 3.45. The number of hydrogen-bond acceptors (Lipinski definition) is 6. The smallest absolute Gasteiger partial charge is 0.382 e. The van der Waals surface area contributed by atoms with Crippen LogP contribution in [-0.4, -0.2) is 56.5 Å². The Labute approximate surface area is 137 Å². The Bertz CT molecular complexity index is 393. The molecule has 1 aliphatic heterocycles. The molecule has 3 unspecified atom stereocenters. The van der Waals surface area contributed by atoms with E-state index in [-0.39, 0.29) is 18.6 Å².